The normalized spacial score (nSPS) is 14.8. The first kappa shape index (κ1) is 12.9. The average molecular weight is 271 g/mol. The summed E-state index contributed by atoms with van der Waals surface area (Å²) in [7, 11) is 0. The van der Waals surface area contributed by atoms with Crippen molar-refractivity contribution in [3.05, 3.63) is 57.3 Å². The van der Waals surface area contributed by atoms with Crippen LogP contribution in [0.3, 0.4) is 0 Å². The van der Waals surface area contributed by atoms with Gasteiger partial charge in [-0.1, -0.05) is 31.2 Å². The molecule has 1 fully saturated rings. The Bertz CT molecular complexity index is 540. The van der Waals surface area contributed by atoms with Crippen LogP contribution in [0.2, 0.25) is 0 Å². The minimum atomic E-state index is 0.851. The Morgan fingerprint density at radius 3 is 2.68 bits per heavy atom. The minimum absolute atomic E-state index is 0.851. The molecule has 0 atom stereocenters. The summed E-state index contributed by atoms with van der Waals surface area (Å²) in [6.45, 7) is 4.17. The van der Waals surface area contributed by atoms with Crippen molar-refractivity contribution < 1.29 is 0 Å². The SMILES string of the molecule is CCc1ccc(CNCc2cccc(C3CC3)c2)s1. The maximum absolute atomic E-state index is 3.55. The molecule has 0 bridgehead atoms. The molecule has 2 aromatic rings. The van der Waals surface area contributed by atoms with Crippen molar-refractivity contribution in [2.75, 3.05) is 0 Å². The summed E-state index contributed by atoms with van der Waals surface area (Å²) in [6.07, 6.45) is 3.91. The molecule has 1 N–H and O–H groups in total. The van der Waals surface area contributed by atoms with Gasteiger partial charge in [-0.3, -0.25) is 0 Å². The number of rotatable bonds is 6. The molecule has 0 amide bonds. The highest BCUT2D eigenvalue weighted by atomic mass is 32.1. The highest BCUT2D eigenvalue weighted by Crippen LogP contribution is 2.40. The maximum atomic E-state index is 3.55. The van der Waals surface area contributed by atoms with Crippen molar-refractivity contribution in [3.63, 3.8) is 0 Å². The molecule has 1 aromatic carbocycles. The molecule has 1 aliphatic rings. The van der Waals surface area contributed by atoms with Gasteiger partial charge < -0.3 is 5.32 Å². The van der Waals surface area contributed by atoms with E-state index in [0.717, 1.165) is 25.4 Å². The lowest BCUT2D eigenvalue weighted by atomic mass is 10.1. The second-order valence-corrected chi connectivity index (χ2v) is 6.60. The molecule has 0 aliphatic heterocycles. The molecule has 2 heteroatoms. The van der Waals surface area contributed by atoms with E-state index < -0.39 is 0 Å². The molecule has 0 unspecified atom stereocenters. The number of hydrogen-bond acceptors (Lipinski definition) is 2. The zero-order valence-electron chi connectivity index (χ0n) is 11.5. The number of aryl methyl sites for hydroxylation is 1. The van der Waals surface area contributed by atoms with Crippen molar-refractivity contribution >= 4 is 11.3 Å². The Kier molecular flexibility index (Phi) is 4.00. The van der Waals surface area contributed by atoms with E-state index in [2.05, 4.69) is 48.6 Å². The number of hydrogen-bond donors (Lipinski definition) is 1. The zero-order chi connectivity index (χ0) is 13.1. The molecule has 1 heterocycles. The second kappa shape index (κ2) is 5.89. The van der Waals surface area contributed by atoms with Gasteiger partial charge in [0.25, 0.3) is 0 Å². The molecule has 3 rings (SSSR count). The molecular formula is C17H21NS. The molecule has 1 aliphatic carbocycles. The standard InChI is InChI=1S/C17H21NS/c1-2-16-8-9-17(19-16)12-18-11-13-4-3-5-15(10-13)14-6-7-14/h3-5,8-10,14,18H,2,6-7,11-12H2,1H3. The van der Waals surface area contributed by atoms with Gasteiger partial charge >= 0.3 is 0 Å². The van der Waals surface area contributed by atoms with Crippen LogP contribution in [-0.2, 0) is 19.5 Å². The number of thiophene rings is 1. The predicted octanol–water partition coefficient (Wildman–Crippen LogP) is 4.48. The topological polar surface area (TPSA) is 12.0 Å². The highest BCUT2D eigenvalue weighted by molar-refractivity contribution is 7.11. The van der Waals surface area contributed by atoms with Crippen molar-refractivity contribution in [1.29, 1.82) is 0 Å². The van der Waals surface area contributed by atoms with Crippen LogP contribution in [0.4, 0.5) is 0 Å². The summed E-state index contributed by atoms with van der Waals surface area (Å²) in [4.78, 5) is 2.92. The monoisotopic (exact) mass is 271 g/mol. The van der Waals surface area contributed by atoms with Crippen molar-refractivity contribution in [1.82, 2.24) is 5.32 Å². The van der Waals surface area contributed by atoms with Gasteiger partial charge in [-0.05, 0) is 48.4 Å². The first-order valence-corrected chi connectivity index (χ1v) is 8.04. The van der Waals surface area contributed by atoms with E-state index in [9.17, 15) is 0 Å². The Morgan fingerprint density at radius 2 is 1.95 bits per heavy atom. The summed E-state index contributed by atoms with van der Waals surface area (Å²) < 4.78 is 0. The van der Waals surface area contributed by atoms with Crippen LogP contribution in [0, 0.1) is 0 Å². The number of benzene rings is 1. The summed E-state index contributed by atoms with van der Waals surface area (Å²) in [6, 6.07) is 13.6. The maximum Gasteiger partial charge on any atom is 0.0303 e. The van der Waals surface area contributed by atoms with E-state index >= 15 is 0 Å². The van der Waals surface area contributed by atoms with E-state index in [1.54, 1.807) is 0 Å². The fraction of sp³-hybridized carbons (Fsp3) is 0.412. The molecule has 1 aromatic heterocycles. The van der Waals surface area contributed by atoms with Gasteiger partial charge in [-0.25, -0.2) is 0 Å². The predicted molar refractivity (Wildman–Crippen MR) is 82.7 cm³/mol. The Hall–Kier alpha value is -1.12. The van der Waals surface area contributed by atoms with Crippen LogP contribution in [0.25, 0.3) is 0 Å². The summed E-state index contributed by atoms with van der Waals surface area (Å²) in [5, 5.41) is 3.55. The summed E-state index contributed by atoms with van der Waals surface area (Å²) in [5.74, 6) is 0.851. The molecule has 1 saturated carbocycles. The minimum Gasteiger partial charge on any atom is -0.308 e. The molecule has 100 valence electrons. The smallest absolute Gasteiger partial charge is 0.0303 e. The van der Waals surface area contributed by atoms with Crippen LogP contribution >= 0.6 is 11.3 Å². The molecule has 0 saturated heterocycles. The largest absolute Gasteiger partial charge is 0.308 e. The van der Waals surface area contributed by atoms with Gasteiger partial charge in [0.2, 0.25) is 0 Å². The van der Waals surface area contributed by atoms with E-state index in [1.165, 1.54) is 33.7 Å². The summed E-state index contributed by atoms with van der Waals surface area (Å²) in [5.41, 5.74) is 2.94. The Balaban J connectivity index is 1.52. The van der Waals surface area contributed by atoms with Crippen LogP contribution < -0.4 is 5.32 Å². The zero-order valence-corrected chi connectivity index (χ0v) is 12.3. The third kappa shape index (κ3) is 3.46. The van der Waals surface area contributed by atoms with Gasteiger partial charge in [-0.2, -0.15) is 0 Å². The molecule has 0 radical (unpaired) electrons. The Morgan fingerprint density at radius 1 is 1.11 bits per heavy atom. The molecule has 0 spiro atoms. The third-order valence-electron chi connectivity index (χ3n) is 3.69. The second-order valence-electron chi connectivity index (χ2n) is 5.34. The highest BCUT2D eigenvalue weighted by Gasteiger charge is 2.23. The van der Waals surface area contributed by atoms with Gasteiger partial charge in [0.15, 0.2) is 0 Å². The van der Waals surface area contributed by atoms with Gasteiger partial charge in [-0.15, -0.1) is 11.3 Å². The molecular weight excluding hydrogens is 250 g/mol. The van der Waals surface area contributed by atoms with Gasteiger partial charge in [0.05, 0.1) is 0 Å². The van der Waals surface area contributed by atoms with Crippen LogP contribution in [0.1, 0.15) is 46.6 Å². The van der Waals surface area contributed by atoms with Gasteiger partial charge in [0, 0.05) is 22.8 Å². The van der Waals surface area contributed by atoms with E-state index in [4.69, 9.17) is 0 Å². The first-order valence-electron chi connectivity index (χ1n) is 7.22. The quantitative estimate of drug-likeness (QED) is 0.817. The third-order valence-corrected chi connectivity index (χ3v) is 4.92. The van der Waals surface area contributed by atoms with E-state index in [1.807, 2.05) is 11.3 Å². The fourth-order valence-corrected chi connectivity index (χ4v) is 3.34. The van der Waals surface area contributed by atoms with Crippen molar-refractivity contribution in [2.45, 2.75) is 45.2 Å². The van der Waals surface area contributed by atoms with Crippen LogP contribution in [-0.4, -0.2) is 0 Å². The van der Waals surface area contributed by atoms with Crippen molar-refractivity contribution in [3.8, 4) is 0 Å². The lowest BCUT2D eigenvalue weighted by Crippen LogP contribution is -2.11. The van der Waals surface area contributed by atoms with E-state index in [-0.39, 0.29) is 0 Å². The number of nitrogens with one attached hydrogen (secondary N) is 1. The molecule has 1 nitrogen and oxygen atoms in total. The average Bonchev–Trinajstić information content (AvgIpc) is 3.19. The molecule has 19 heavy (non-hydrogen) atoms. The van der Waals surface area contributed by atoms with Crippen molar-refractivity contribution in [2.24, 2.45) is 0 Å². The lowest BCUT2D eigenvalue weighted by molar-refractivity contribution is 0.700. The fourth-order valence-electron chi connectivity index (χ4n) is 2.41. The van der Waals surface area contributed by atoms with E-state index in [0.29, 0.717) is 0 Å². The summed E-state index contributed by atoms with van der Waals surface area (Å²) >= 11 is 1.92. The van der Waals surface area contributed by atoms with Gasteiger partial charge in [0.1, 0.15) is 0 Å². The Labute approximate surface area is 119 Å². The lowest BCUT2D eigenvalue weighted by Gasteiger charge is -2.05. The first-order chi connectivity index (χ1) is 9.35. The van der Waals surface area contributed by atoms with Crippen LogP contribution in [0.15, 0.2) is 36.4 Å². The van der Waals surface area contributed by atoms with Crippen LogP contribution in [0.5, 0.6) is 0 Å².